The highest BCUT2D eigenvalue weighted by atomic mass is 32.2. The van der Waals surface area contributed by atoms with E-state index in [9.17, 15) is 0 Å². The molecule has 0 amide bonds. The second-order valence-corrected chi connectivity index (χ2v) is 5.07. The lowest BCUT2D eigenvalue weighted by Crippen LogP contribution is -2.40. The monoisotopic (exact) mass is 241 g/mol. The Morgan fingerprint density at radius 2 is 1.29 bits per heavy atom. The summed E-state index contributed by atoms with van der Waals surface area (Å²) in [7, 11) is 0. The summed E-state index contributed by atoms with van der Waals surface area (Å²) >= 11 is 1.90. The molecule has 0 fully saturated rings. The summed E-state index contributed by atoms with van der Waals surface area (Å²) in [5.74, 6) is 1.37. The summed E-state index contributed by atoms with van der Waals surface area (Å²) in [5.41, 5.74) is 8.30. The maximum absolute atomic E-state index is 5.61. The van der Waals surface area contributed by atoms with E-state index in [-0.39, 0.29) is 0 Å². The van der Waals surface area contributed by atoms with E-state index in [4.69, 9.17) is 5.73 Å². The molecule has 17 heavy (non-hydrogen) atoms. The Morgan fingerprint density at radius 1 is 0.824 bits per heavy atom. The predicted molar refractivity (Wildman–Crippen MR) is 79.4 cm³/mol. The van der Waals surface area contributed by atoms with Crippen LogP contribution >= 0.6 is 11.6 Å². The van der Waals surface area contributed by atoms with Crippen LogP contribution in [-0.4, -0.2) is 18.3 Å². The third kappa shape index (κ3) is 3.38. The number of hydrogen-bond acceptors (Lipinski definition) is 2. The molecule has 0 bridgehead atoms. The fourth-order valence-corrected chi connectivity index (χ4v) is 2.90. The highest BCUT2D eigenvalue weighted by molar-refractivity contribution is 8.28. The molecule has 0 atom stereocenters. The van der Waals surface area contributed by atoms with Gasteiger partial charge in [0.1, 0.15) is 0 Å². The van der Waals surface area contributed by atoms with Gasteiger partial charge in [-0.05, 0) is 5.75 Å². The Balaban J connectivity index is 2.26. The maximum Gasteiger partial charge on any atom is 0.274 e. The molecule has 2 N–H and O–H groups in total. The van der Waals surface area contributed by atoms with Crippen molar-refractivity contribution in [1.29, 1.82) is 0 Å². The average molecular weight is 241 g/mol. The molecule has 0 heterocycles. The lowest BCUT2D eigenvalue weighted by atomic mass is 9.62. The fourth-order valence-electron chi connectivity index (χ4n) is 1.83. The van der Waals surface area contributed by atoms with Gasteiger partial charge in [-0.2, -0.15) is 11.6 Å². The van der Waals surface area contributed by atoms with Crippen LogP contribution in [0, 0.1) is 0 Å². The summed E-state index contributed by atoms with van der Waals surface area (Å²) in [6.07, 6.45) is 0. The van der Waals surface area contributed by atoms with Crippen molar-refractivity contribution in [3.63, 3.8) is 0 Å². The molecule has 2 rings (SSSR count). The van der Waals surface area contributed by atoms with Gasteiger partial charge >= 0.3 is 0 Å². The van der Waals surface area contributed by atoms with E-state index in [0.717, 1.165) is 12.3 Å². The topological polar surface area (TPSA) is 26.0 Å². The number of hydrogen-bond donors (Lipinski definition) is 1. The van der Waals surface area contributed by atoms with Crippen molar-refractivity contribution in [1.82, 2.24) is 0 Å². The van der Waals surface area contributed by atoms with Gasteiger partial charge in [0.25, 0.3) is 5.99 Å². The first kappa shape index (κ1) is 12.3. The minimum absolute atomic E-state index is 0.390. The average Bonchev–Trinajstić information content (AvgIpc) is 2.42. The van der Waals surface area contributed by atoms with Gasteiger partial charge < -0.3 is 5.73 Å². The van der Waals surface area contributed by atoms with Crippen LogP contribution in [-0.2, 0) is 0 Å². The Bertz CT molecular complexity index is 393. The molecular weight excluding hydrogens is 225 g/mol. The Hall–Kier alpha value is -1.19. The number of nitrogens with two attached hydrogens (primary N) is 1. The smallest absolute Gasteiger partial charge is 0.274 e. The first-order valence-electron chi connectivity index (χ1n) is 5.83. The van der Waals surface area contributed by atoms with Crippen molar-refractivity contribution < 1.29 is 0 Å². The van der Waals surface area contributed by atoms with Gasteiger partial charge in [-0.1, -0.05) is 71.6 Å². The van der Waals surface area contributed by atoms with E-state index in [1.54, 1.807) is 0 Å². The van der Waals surface area contributed by atoms with Crippen LogP contribution in [0.2, 0.25) is 0 Å². The molecule has 0 saturated heterocycles. The summed E-state index contributed by atoms with van der Waals surface area (Å²) in [6, 6.07) is 21.2. The van der Waals surface area contributed by atoms with E-state index in [0.29, 0.717) is 5.99 Å². The fraction of sp³-hybridized carbons (Fsp3) is 0.143. The zero-order chi connectivity index (χ0) is 11.9. The molecule has 0 unspecified atom stereocenters. The Kier molecular flexibility index (Phi) is 4.71. The molecule has 1 nitrogen and oxygen atoms in total. The third-order valence-electron chi connectivity index (χ3n) is 2.61. The van der Waals surface area contributed by atoms with Crippen LogP contribution < -0.4 is 16.7 Å². The zero-order valence-electron chi connectivity index (χ0n) is 9.75. The molecule has 3 heteroatoms. The lowest BCUT2D eigenvalue weighted by Gasteiger charge is -2.13. The second-order valence-electron chi connectivity index (χ2n) is 3.86. The van der Waals surface area contributed by atoms with Crippen molar-refractivity contribution in [3.8, 4) is 0 Å². The Labute approximate surface area is 107 Å². The lowest BCUT2D eigenvalue weighted by molar-refractivity contribution is 1.15. The van der Waals surface area contributed by atoms with E-state index in [1.165, 1.54) is 10.9 Å². The summed E-state index contributed by atoms with van der Waals surface area (Å²) in [4.78, 5) is 0. The predicted octanol–water partition coefficient (Wildman–Crippen LogP) is 1.48. The summed E-state index contributed by atoms with van der Waals surface area (Å²) < 4.78 is 0. The van der Waals surface area contributed by atoms with E-state index in [2.05, 4.69) is 60.7 Å². The van der Waals surface area contributed by atoms with Gasteiger partial charge in [-0.15, -0.1) is 0 Å². The third-order valence-corrected chi connectivity index (χ3v) is 3.96. The van der Waals surface area contributed by atoms with E-state index >= 15 is 0 Å². The van der Waals surface area contributed by atoms with Gasteiger partial charge in [0.2, 0.25) is 0 Å². The van der Waals surface area contributed by atoms with Crippen LogP contribution in [0.5, 0.6) is 0 Å². The van der Waals surface area contributed by atoms with Gasteiger partial charge in [-0.25, -0.2) is 0 Å². The van der Waals surface area contributed by atoms with Crippen molar-refractivity contribution in [2.24, 2.45) is 5.73 Å². The molecule has 0 aromatic heterocycles. The standard InChI is InChI=1S/C14H16BNS/c16-11-12-17-15(13-7-3-1-4-8-13)14-9-5-2-6-10-14/h1-10H,11-12,16H2. The van der Waals surface area contributed by atoms with E-state index in [1.807, 2.05) is 11.6 Å². The molecule has 0 aliphatic carbocycles. The zero-order valence-corrected chi connectivity index (χ0v) is 10.6. The van der Waals surface area contributed by atoms with Crippen molar-refractivity contribution >= 4 is 28.5 Å². The van der Waals surface area contributed by atoms with Gasteiger partial charge in [0.05, 0.1) is 0 Å². The number of rotatable bonds is 5. The molecular formula is C14H16BNS. The van der Waals surface area contributed by atoms with Crippen molar-refractivity contribution in [2.45, 2.75) is 0 Å². The molecule has 2 aromatic carbocycles. The first-order chi connectivity index (χ1) is 8.42. The largest absolute Gasteiger partial charge is 0.330 e. The summed E-state index contributed by atoms with van der Waals surface area (Å²) in [6.45, 7) is 0.723. The second kappa shape index (κ2) is 6.53. The van der Waals surface area contributed by atoms with Gasteiger partial charge in [0, 0.05) is 6.54 Å². The molecule has 2 aromatic rings. The van der Waals surface area contributed by atoms with Gasteiger partial charge in [0.15, 0.2) is 0 Å². The minimum atomic E-state index is 0.390. The van der Waals surface area contributed by atoms with Crippen molar-refractivity contribution in [2.75, 3.05) is 12.3 Å². The molecule has 0 spiro atoms. The quantitative estimate of drug-likeness (QED) is 0.802. The highest BCUT2D eigenvalue weighted by Gasteiger charge is 2.18. The van der Waals surface area contributed by atoms with Crippen molar-refractivity contribution in [3.05, 3.63) is 60.7 Å². The molecule has 0 saturated carbocycles. The van der Waals surface area contributed by atoms with Crippen LogP contribution in [0.1, 0.15) is 0 Å². The summed E-state index contributed by atoms with van der Waals surface area (Å²) in [5, 5.41) is 0. The van der Waals surface area contributed by atoms with Crippen LogP contribution in [0.4, 0.5) is 0 Å². The maximum atomic E-state index is 5.61. The number of benzene rings is 2. The molecule has 0 radical (unpaired) electrons. The molecule has 0 aliphatic rings. The molecule has 86 valence electrons. The van der Waals surface area contributed by atoms with Crippen LogP contribution in [0.3, 0.4) is 0 Å². The Morgan fingerprint density at radius 3 is 1.71 bits per heavy atom. The van der Waals surface area contributed by atoms with Crippen LogP contribution in [0.15, 0.2) is 60.7 Å². The molecule has 0 aliphatic heterocycles. The van der Waals surface area contributed by atoms with E-state index < -0.39 is 0 Å². The highest BCUT2D eigenvalue weighted by Crippen LogP contribution is 2.07. The van der Waals surface area contributed by atoms with Gasteiger partial charge in [-0.3, -0.25) is 0 Å². The normalized spacial score (nSPS) is 10.2. The van der Waals surface area contributed by atoms with Crippen LogP contribution in [0.25, 0.3) is 0 Å². The minimum Gasteiger partial charge on any atom is -0.330 e. The first-order valence-corrected chi connectivity index (χ1v) is 6.88. The SMILES string of the molecule is NCCSB(c1ccccc1)c1ccccc1.